The van der Waals surface area contributed by atoms with Crippen LogP contribution < -0.4 is 11.1 Å². The Morgan fingerprint density at radius 3 is 2.42 bits per heavy atom. The second kappa shape index (κ2) is 14.3. The average Bonchev–Trinajstić information content (AvgIpc) is 2.85. The van der Waals surface area contributed by atoms with Gasteiger partial charge in [0.2, 0.25) is 0 Å². The molecule has 1 aromatic rings. The zero-order valence-corrected chi connectivity index (χ0v) is 23.0. The van der Waals surface area contributed by atoms with Crippen LogP contribution in [0.3, 0.4) is 0 Å². The highest BCUT2D eigenvalue weighted by atomic mass is 19.1. The standard InChI is InChI=1S/C28H41FN2O7/c1-15-10-19-13-20(32)14-21(24(19)29)31-27(34)16(2)8-7-9-22(36-5)26(38-28(30)35)18(4)12-17(3)25(33)23(11-15)37-6/h8,12-15,17,22-23,25-26,32-33H,7,9-11H2,1-6H3,(H2,30,35)(H,31,34)/b16-8+,18-12+/t15-,17+,22+,23+,25-,26+/m1/s1. The molecule has 0 spiro atoms. The molecule has 0 fully saturated rings. The monoisotopic (exact) mass is 536 g/mol. The molecule has 1 aromatic carbocycles. The topological polar surface area (TPSA) is 140 Å². The molecular formula is C28H41FN2O7. The molecule has 0 radical (unpaired) electrons. The van der Waals surface area contributed by atoms with Crippen LogP contribution in [0.5, 0.6) is 5.75 Å². The van der Waals surface area contributed by atoms with Crippen LogP contribution in [0, 0.1) is 17.7 Å². The summed E-state index contributed by atoms with van der Waals surface area (Å²) in [6, 6.07) is 2.51. The Labute approximate surface area is 223 Å². The zero-order chi connectivity index (χ0) is 28.6. The number of hydrogen-bond acceptors (Lipinski definition) is 7. The maximum atomic E-state index is 15.3. The molecule has 9 nitrogen and oxygen atoms in total. The summed E-state index contributed by atoms with van der Waals surface area (Å²) in [5.74, 6) is -1.84. The van der Waals surface area contributed by atoms with Gasteiger partial charge in [0, 0.05) is 31.8 Å². The summed E-state index contributed by atoms with van der Waals surface area (Å²) in [4.78, 5) is 24.4. The van der Waals surface area contributed by atoms with E-state index >= 15 is 4.39 Å². The predicted octanol–water partition coefficient (Wildman–Crippen LogP) is 4.22. The molecule has 6 atom stereocenters. The molecule has 0 unspecified atom stereocenters. The predicted molar refractivity (Wildman–Crippen MR) is 142 cm³/mol. The van der Waals surface area contributed by atoms with Crippen molar-refractivity contribution in [1.82, 2.24) is 0 Å². The van der Waals surface area contributed by atoms with Crippen molar-refractivity contribution >= 4 is 17.7 Å². The summed E-state index contributed by atoms with van der Waals surface area (Å²) in [7, 11) is 2.98. The van der Waals surface area contributed by atoms with Crippen LogP contribution in [-0.2, 0) is 25.4 Å². The molecule has 10 heteroatoms. The number of hydrogen-bond donors (Lipinski definition) is 4. The summed E-state index contributed by atoms with van der Waals surface area (Å²) in [6.45, 7) is 7.08. The lowest BCUT2D eigenvalue weighted by molar-refractivity contribution is -0.112. The molecule has 1 aliphatic heterocycles. The maximum absolute atomic E-state index is 15.3. The first-order valence-corrected chi connectivity index (χ1v) is 12.7. The number of carbonyl (C=O) groups is 2. The highest BCUT2D eigenvalue weighted by Gasteiger charge is 2.30. The van der Waals surface area contributed by atoms with E-state index in [1.807, 2.05) is 13.8 Å². The largest absolute Gasteiger partial charge is 0.508 e. The lowest BCUT2D eigenvalue weighted by Gasteiger charge is -2.30. The lowest BCUT2D eigenvalue weighted by Crippen LogP contribution is -2.37. The molecule has 2 rings (SSSR count). The number of nitrogens with two attached hydrogens (primary N) is 1. The fraction of sp³-hybridized carbons (Fsp3) is 0.571. The van der Waals surface area contributed by atoms with Gasteiger partial charge in [0.05, 0.1) is 24.0 Å². The number of phenols is 1. The molecule has 0 saturated heterocycles. The number of carbonyl (C=O) groups excluding carboxylic acids is 2. The molecule has 1 aliphatic rings. The minimum Gasteiger partial charge on any atom is -0.508 e. The van der Waals surface area contributed by atoms with E-state index in [1.54, 1.807) is 26.0 Å². The molecule has 5 N–H and O–H groups in total. The molecule has 0 aliphatic carbocycles. The van der Waals surface area contributed by atoms with Gasteiger partial charge in [-0.05, 0) is 62.7 Å². The maximum Gasteiger partial charge on any atom is 0.405 e. The van der Waals surface area contributed by atoms with Crippen LogP contribution in [0.4, 0.5) is 14.9 Å². The number of benzene rings is 1. The summed E-state index contributed by atoms with van der Waals surface area (Å²) < 4.78 is 31.9. The fourth-order valence-corrected chi connectivity index (χ4v) is 4.84. The van der Waals surface area contributed by atoms with Crippen molar-refractivity contribution in [2.45, 2.75) is 77.8 Å². The molecule has 0 saturated carbocycles. The van der Waals surface area contributed by atoms with E-state index in [9.17, 15) is 19.8 Å². The summed E-state index contributed by atoms with van der Waals surface area (Å²) in [6.07, 6.45) is 1.04. The van der Waals surface area contributed by atoms with Gasteiger partial charge in [-0.25, -0.2) is 9.18 Å². The third-order valence-corrected chi connectivity index (χ3v) is 6.92. The van der Waals surface area contributed by atoms with E-state index < -0.39 is 48.2 Å². The molecule has 212 valence electrons. The van der Waals surface area contributed by atoms with E-state index in [0.29, 0.717) is 30.4 Å². The van der Waals surface area contributed by atoms with E-state index in [2.05, 4.69) is 5.32 Å². The number of primary amides is 1. The highest BCUT2D eigenvalue weighted by Crippen LogP contribution is 2.30. The number of rotatable bonds is 3. The highest BCUT2D eigenvalue weighted by molar-refractivity contribution is 6.03. The number of aromatic hydroxyl groups is 1. The number of fused-ring (bicyclic) bond motifs is 2. The second-order valence-electron chi connectivity index (χ2n) is 10.1. The van der Waals surface area contributed by atoms with Crippen LogP contribution in [0.2, 0.25) is 0 Å². The summed E-state index contributed by atoms with van der Waals surface area (Å²) in [5, 5.41) is 23.8. The summed E-state index contributed by atoms with van der Waals surface area (Å²) in [5.41, 5.74) is 6.45. The van der Waals surface area contributed by atoms with Gasteiger partial charge in [-0.2, -0.15) is 0 Å². The quantitative estimate of drug-likeness (QED) is 0.424. The van der Waals surface area contributed by atoms with Crippen molar-refractivity contribution in [3.63, 3.8) is 0 Å². The lowest BCUT2D eigenvalue weighted by atomic mass is 9.88. The Bertz CT molecular complexity index is 1040. The van der Waals surface area contributed by atoms with E-state index in [-0.39, 0.29) is 29.3 Å². The van der Waals surface area contributed by atoms with E-state index in [1.165, 1.54) is 26.4 Å². The Morgan fingerprint density at radius 2 is 1.82 bits per heavy atom. The minimum absolute atomic E-state index is 0.121. The third kappa shape index (κ3) is 8.54. The first kappa shape index (κ1) is 31.3. The number of anilines is 1. The number of ether oxygens (including phenoxy) is 3. The fourth-order valence-electron chi connectivity index (χ4n) is 4.84. The Balaban J connectivity index is 2.52. The van der Waals surface area contributed by atoms with Crippen molar-refractivity contribution in [2.75, 3.05) is 19.5 Å². The van der Waals surface area contributed by atoms with Gasteiger partial charge < -0.3 is 35.5 Å². The first-order chi connectivity index (χ1) is 17.9. The molecule has 38 heavy (non-hydrogen) atoms. The van der Waals surface area contributed by atoms with Crippen molar-refractivity contribution in [2.24, 2.45) is 17.6 Å². The van der Waals surface area contributed by atoms with Crippen LogP contribution in [0.15, 0.2) is 35.4 Å². The SMILES string of the molecule is CO[C@H]1C[C@H](C)Cc2cc(O)cc(c2F)NC(=O)/C(C)=C/CC[C@H](OC)[C@@H](OC(N)=O)/C(C)=C/[C@H](C)[C@H]1O. The average molecular weight is 537 g/mol. The minimum atomic E-state index is -0.960. The first-order valence-electron chi connectivity index (χ1n) is 12.7. The van der Waals surface area contributed by atoms with Gasteiger partial charge in [-0.15, -0.1) is 0 Å². The van der Waals surface area contributed by atoms with Gasteiger partial charge in [-0.3, -0.25) is 4.79 Å². The number of methoxy groups -OCH3 is 2. The van der Waals surface area contributed by atoms with Crippen LogP contribution >= 0.6 is 0 Å². The van der Waals surface area contributed by atoms with Gasteiger partial charge in [0.25, 0.3) is 5.91 Å². The number of allylic oxidation sites excluding steroid dienone is 1. The van der Waals surface area contributed by atoms with Gasteiger partial charge in [0.15, 0.2) is 6.10 Å². The zero-order valence-electron chi connectivity index (χ0n) is 23.0. The Morgan fingerprint density at radius 1 is 1.16 bits per heavy atom. The number of aliphatic hydroxyl groups excluding tert-OH is 1. The molecule has 2 amide bonds. The molecule has 0 aromatic heterocycles. The van der Waals surface area contributed by atoms with Crippen LogP contribution in [0.1, 0.15) is 52.5 Å². The van der Waals surface area contributed by atoms with Crippen molar-refractivity contribution in [3.05, 3.63) is 46.8 Å². The Kier molecular flexibility index (Phi) is 11.7. The number of nitrogens with one attached hydrogen (secondary N) is 1. The molecule has 1 heterocycles. The van der Waals surface area contributed by atoms with Gasteiger partial charge in [-0.1, -0.05) is 26.0 Å². The van der Waals surface area contributed by atoms with E-state index in [4.69, 9.17) is 19.9 Å². The number of aliphatic hydroxyl groups is 1. The van der Waals surface area contributed by atoms with Gasteiger partial charge >= 0.3 is 6.09 Å². The smallest absolute Gasteiger partial charge is 0.405 e. The van der Waals surface area contributed by atoms with Crippen molar-refractivity contribution in [3.8, 4) is 5.75 Å². The number of amides is 2. The van der Waals surface area contributed by atoms with Crippen LogP contribution in [-0.4, -0.2) is 60.8 Å². The normalized spacial score (nSPS) is 30.9. The summed E-state index contributed by atoms with van der Waals surface area (Å²) >= 11 is 0. The van der Waals surface area contributed by atoms with Gasteiger partial charge in [0.1, 0.15) is 11.6 Å². The van der Waals surface area contributed by atoms with Crippen molar-refractivity contribution < 1.29 is 38.4 Å². The third-order valence-electron chi connectivity index (χ3n) is 6.92. The van der Waals surface area contributed by atoms with Crippen LogP contribution in [0.25, 0.3) is 0 Å². The number of phenolic OH excluding ortho intramolecular Hbond substituents is 1. The molecular weight excluding hydrogens is 495 g/mol. The molecule has 2 bridgehead atoms. The number of halogens is 1. The van der Waals surface area contributed by atoms with Crippen molar-refractivity contribution in [1.29, 1.82) is 0 Å². The Hall–Kier alpha value is -2.95. The van der Waals surface area contributed by atoms with E-state index in [0.717, 1.165) is 0 Å². The second-order valence-corrected chi connectivity index (χ2v) is 10.1.